The van der Waals surface area contributed by atoms with E-state index in [1.165, 1.54) is 26.4 Å². The van der Waals surface area contributed by atoms with E-state index in [9.17, 15) is 22.8 Å². The Morgan fingerprint density at radius 2 is 1.86 bits per heavy atom. The van der Waals surface area contributed by atoms with Crippen molar-refractivity contribution in [1.29, 1.82) is 0 Å². The molecule has 29 heavy (non-hydrogen) atoms. The maximum absolute atomic E-state index is 12.9. The second-order valence-electron chi connectivity index (χ2n) is 6.05. The van der Waals surface area contributed by atoms with Crippen molar-refractivity contribution in [2.45, 2.75) is 6.18 Å². The van der Waals surface area contributed by atoms with Gasteiger partial charge in [0.2, 0.25) is 0 Å². The summed E-state index contributed by atoms with van der Waals surface area (Å²) in [5, 5.41) is 2.44. The summed E-state index contributed by atoms with van der Waals surface area (Å²) in [6.45, 7) is -0.301. The zero-order chi connectivity index (χ0) is 21.2. The van der Waals surface area contributed by atoms with Gasteiger partial charge in [0.1, 0.15) is 0 Å². The zero-order valence-corrected chi connectivity index (χ0v) is 15.4. The maximum atomic E-state index is 12.9. The number of hydrogen-bond donors (Lipinski definition) is 1. The van der Waals surface area contributed by atoms with Crippen molar-refractivity contribution in [2.24, 2.45) is 0 Å². The van der Waals surface area contributed by atoms with Crippen LogP contribution in [0.15, 0.2) is 36.4 Å². The van der Waals surface area contributed by atoms with Gasteiger partial charge in [-0.1, -0.05) is 12.1 Å². The topological polar surface area (TPSA) is 73.9 Å². The van der Waals surface area contributed by atoms with Crippen LogP contribution < -0.4 is 14.8 Å². The Bertz CT molecular complexity index is 998. The number of esters is 1. The summed E-state index contributed by atoms with van der Waals surface area (Å²) in [5.41, 5.74) is 0.407. The quantitative estimate of drug-likeness (QED) is 0.604. The van der Waals surface area contributed by atoms with Crippen LogP contribution in [0.3, 0.4) is 0 Å². The molecule has 2 aromatic carbocycles. The average molecular weight is 407 g/mol. The third-order valence-corrected chi connectivity index (χ3v) is 4.20. The lowest BCUT2D eigenvalue weighted by Crippen LogP contribution is -2.12. The maximum Gasteiger partial charge on any atom is 0.416 e. The average Bonchev–Trinajstić information content (AvgIpc) is 3.00. The van der Waals surface area contributed by atoms with E-state index < -0.39 is 23.6 Å². The highest BCUT2D eigenvalue weighted by Gasteiger charge is 2.33. The first-order chi connectivity index (χ1) is 13.7. The molecule has 1 aliphatic rings. The fourth-order valence-corrected chi connectivity index (χ4v) is 2.77. The van der Waals surface area contributed by atoms with Crippen LogP contribution in [0, 0.1) is 0 Å². The number of methoxy groups -OCH3 is 2. The number of rotatable bonds is 5. The van der Waals surface area contributed by atoms with Gasteiger partial charge in [0.25, 0.3) is 5.91 Å². The molecule has 1 aliphatic heterocycles. The molecule has 3 rings (SSSR count). The number of carbonyl (C=O) groups excluding carboxylic acids is 2. The predicted molar refractivity (Wildman–Crippen MR) is 98.4 cm³/mol. The number of hydrogen-bond acceptors (Lipinski definition) is 5. The standard InChI is InChI=1S/C20H16F3NO5/c1-27-17-8-11(3-6-16(17)29-10-18(25)28-2)7-14-13-5-4-12(20(21,22)23)9-15(13)24-19(14)26/h3-9H,10H2,1-2H3,(H,24,26)/b14-7-. The van der Waals surface area contributed by atoms with E-state index in [4.69, 9.17) is 9.47 Å². The van der Waals surface area contributed by atoms with Crippen LogP contribution in [0.2, 0.25) is 0 Å². The van der Waals surface area contributed by atoms with Crippen molar-refractivity contribution < 1.29 is 37.0 Å². The molecule has 6 nitrogen and oxygen atoms in total. The minimum atomic E-state index is -4.50. The molecular weight excluding hydrogens is 391 g/mol. The molecular formula is C20H16F3NO5. The number of carbonyl (C=O) groups is 2. The van der Waals surface area contributed by atoms with E-state index in [-0.39, 0.29) is 17.9 Å². The van der Waals surface area contributed by atoms with E-state index in [0.717, 1.165) is 12.1 Å². The van der Waals surface area contributed by atoms with Gasteiger partial charge >= 0.3 is 12.1 Å². The molecule has 1 N–H and O–H groups in total. The van der Waals surface area contributed by atoms with Gasteiger partial charge in [0.05, 0.1) is 19.8 Å². The Labute approximate surface area is 163 Å². The minimum absolute atomic E-state index is 0.0982. The SMILES string of the molecule is COC(=O)COc1ccc(/C=C2\C(=O)Nc3cc(C(F)(F)F)ccc32)cc1OC. The molecule has 1 amide bonds. The summed E-state index contributed by atoms with van der Waals surface area (Å²) >= 11 is 0. The molecule has 0 saturated carbocycles. The van der Waals surface area contributed by atoms with Crippen LogP contribution >= 0.6 is 0 Å². The number of halogens is 3. The number of benzene rings is 2. The van der Waals surface area contributed by atoms with Gasteiger partial charge in [0.15, 0.2) is 18.1 Å². The van der Waals surface area contributed by atoms with E-state index in [1.54, 1.807) is 18.2 Å². The number of alkyl halides is 3. The highest BCUT2D eigenvalue weighted by molar-refractivity contribution is 6.34. The molecule has 1 heterocycles. The molecule has 0 fully saturated rings. The van der Waals surface area contributed by atoms with Crippen molar-refractivity contribution in [1.82, 2.24) is 0 Å². The van der Waals surface area contributed by atoms with Crippen molar-refractivity contribution in [2.75, 3.05) is 26.1 Å². The van der Waals surface area contributed by atoms with Crippen LogP contribution in [0.1, 0.15) is 16.7 Å². The number of fused-ring (bicyclic) bond motifs is 1. The van der Waals surface area contributed by atoms with Gasteiger partial charge in [-0.15, -0.1) is 0 Å². The predicted octanol–water partition coefficient (Wildman–Crippen LogP) is 3.76. The minimum Gasteiger partial charge on any atom is -0.493 e. The number of ether oxygens (including phenoxy) is 3. The summed E-state index contributed by atoms with van der Waals surface area (Å²) in [6.07, 6.45) is -2.97. The lowest BCUT2D eigenvalue weighted by Gasteiger charge is -2.11. The molecule has 0 aliphatic carbocycles. The normalized spacial score (nSPS) is 14.4. The van der Waals surface area contributed by atoms with Gasteiger partial charge in [0, 0.05) is 16.8 Å². The Morgan fingerprint density at radius 1 is 1.10 bits per heavy atom. The van der Waals surface area contributed by atoms with Crippen molar-refractivity contribution >= 4 is 29.2 Å². The van der Waals surface area contributed by atoms with E-state index in [1.807, 2.05) is 0 Å². The lowest BCUT2D eigenvalue weighted by molar-refractivity contribution is -0.143. The van der Waals surface area contributed by atoms with Crippen LogP contribution in [0.5, 0.6) is 11.5 Å². The smallest absolute Gasteiger partial charge is 0.416 e. The summed E-state index contributed by atoms with van der Waals surface area (Å²) in [7, 11) is 2.65. The number of amides is 1. The molecule has 0 saturated heterocycles. The van der Waals surface area contributed by atoms with Crippen LogP contribution in [0.25, 0.3) is 11.6 Å². The summed E-state index contributed by atoms with van der Waals surface area (Å²) in [4.78, 5) is 23.5. The first kappa shape index (κ1) is 20.2. The molecule has 0 atom stereocenters. The molecule has 0 bridgehead atoms. The lowest BCUT2D eigenvalue weighted by atomic mass is 10.0. The second-order valence-corrected chi connectivity index (χ2v) is 6.05. The van der Waals surface area contributed by atoms with Crippen molar-refractivity contribution in [3.05, 3.63) is 53.1 Å². The molecule has 0 radical (unpaired) electrons. The van der Waals surface area contributed by atoms with Gasteiger partial charge < -0.3 is 19.5 Å². The molecule has 152 valence electrons. The molecule has 0 unspecified atom stereocenters. The van der Waals surface area contributed by atoms with Gasteiger partial charge in [-0.05, 0) is 35.9 Å². The highest BCUT2D eigenvalue weighted by atomic mass is 19.4. The Balaban J connectivity index is 1.91. The first-order valence-corrected chi connectivity index (χ1v) is 8.35. The summed E-state index contributed by atoms with van der Waals surface area (Å²) in [6, 6.07) is 7.84. The molecule has 0 aromatic heterocycles. The largest absolute Gasteiger partial charge is 0.493 e. The molecule has 2 aromatic rings. The molecule has 0 spiro atoms. The Hall–Kier alpha value is -3.49. The first-order valence-electron chi connectivity index (χ1n) is 8.35. The zero-order valence-electron chi connectivity index (χ0n) is 15.4. The van der Waals surface area contributed by atoms with Gasteiger partial charge in [-0.25, -0.2) is 4.79 Å². The highest BCUT2D eigenvalue weighted by Crippen LogP contribution is 2.39. The van der Waals surface area contributed by atoms with Crippen molar-refractivity contribution in [3.63, 3.8) is 0 Å². The van der Waals surface area contributed by atoms with Gasteiger partial charge in [-0.3, -0.25) is 4.79 Å². The van der Waals surface area contributed by atoms with E-state index in [0.29, 0.717) is 22.6 Å². The third kappa shape index (κ3) is 4.34. The Kier molecular flexibility index (Phi) is 5.49. The fourth-order valence-electron chi connectivity index (χ4n) is 2.77. The van der Waals surface area contributed by atoms with Crippen LogP contribution in [-0.2, 0) is 20.5 Å². The van der Waals surface area contributed by atoms with Crippen molar-refractivity contribution in [3.8, 4) is 11.5 Å². The Morgan fingerprint density at radius 3 is 2.52 bits per heavy atom. The number of nitrogens with one attached hydrogen (secondary N) is 1. The van der Waals surface area contributed by atoms with Gasteiger partial charge in [-0.2, -0.15) is 13.2 Å². The third-order valence-electron chi connectivity index (χ3n) is 4.20. The second kappa shape index (κ2) is 7.86. The summed E-state index contributed by atoms with van der Waals surface area (Å²) < 4.78 is 53.7. The van der Waals surface area contributed by atoms with Crippen LogP contribution in [-0.4, -0.2) is 32.7 Å². The number of anilines is 1. The monoisotopic (exact) mass is 407 g/mol. The van der Waals surface area contributed by atoms with E-state index >= 15 is 0 Å². The summed E-state index contributed by atoms with van der Waals surface area (Å²) in [5.74, 6) is -0.458. The van der Waals surface area contributed by atoms with E-state index in [2.05, 4.69) is 10.1 Å². The van der Waals surface area contributed by atoms with Crippen LogP contribution in [0.4, 0.5) is 18.9 Å². The fraction of sp³-hybridized carbons (Fsp3) is 0.200. The molecule has 9 heteroatoms.